The van der Waals surface area contributed by atoms with Crippen molar-refractivity contribution in [2.75, 3.05) is 24.5 Å². The van der Waals surface area contributed by atoms with Gasteiger partial charge in [-0.1, -0.05) is 23.7 Å². The molecule has 0 atom stereocenters. The molecule has 5 nitrogen and oxygen atoms in total. The first kappa shape index (κ1) is 21.2. The van der Waals surface area contributed by atoms with Gasteiger partial charge in [-0.2, -0.15) is 0 Å². The van der Waals surface area contributed by atoms with Crippen LogP contribution in [0.4, 0.5) is 10.2 Å². The molecule has 0 aliphatic carbocycles. The van der Waals surface area contributed by atoms with Gasteiger partial charge in [-0.3, -0.25) is 4.79 Å². The maximum absolute atomic E-state index is 13.2. The lowest BCUT2D eigenvalue weighted by Crippen LogP contribution is -2.41. The van der Waals surface area contributed by atoms with Gasteiger partial charge in [0.05, 0.1) is 5.69 Å². The molecule has 160 valence electrons. The van der Waals surface area contributed by atoms with E-state index in [2.05, 4.69) is 20.2 Å². The first-order chi connectivity index (χ1) is 15.1. The van der Waals surface area contributed by atoms with Crippen LogP contribution in [0.1, 0.15) is 18.4 Å². The van der Waals surface area contributed by atoms with Gasteiger partial charge in [0.1, 0.15) is 18.0 Å². The average Bonchev–Trinajstić information content (AvgIpc) is 2.81. The van der Waals surface area contributed by atoms with Crippen molar-refractivity contribution in [1.82, 2.24) is 15.3 Å². The van der Waals surface area contributed by atoms with Gasteiger partial charge in [-0.25, -0.2) is 14.4 Å². The van der Waals surface area contributed by atoms with Crippen LogP contribution in [0.3, 0.4) is 0 Å². The van der Waals surface area contributed by atoms with Gasteiger partial charge < -0.3 is 10.2 Å². The summed E-state index contributed by atoms with van der Waals surface area (Å²) >= 11 is 5.90. The van der Waals surface area contributed by atoms with Crippen molar-refractivity contribution in [3.63, 3.8) is 0 Å². The van der Waals surface area contributed by atoms with E-state index in [1.165, 1.54) is 18.5 Å². The van der Waals surface area contributed by atoms with E-state index in [9.17, 15) is 9.18 Å². The molecule has 0 saturated carbocycles. The Bertz CT molecular complexity index is 1020. The smallest absolute Gasteiger partial charge is 0.223 e. The number of nitrogens with one attached hydrogen (secondary N) is 1. The molecule has 0 radical (unpaired) electrons. The molecular formula is C24H24ClFN4O. The first-order valence-electron chi connectivity index (χ1n) is 10.4. The zero-order valence-electron chi connectivity index (χ0n) is 17.1. The van der Waals surface area contributed by atoms with E-state index in [-0.39, 0.29) is 17.6 Å². The molecule has 1 saturated heterocycles. The number of hydrogen-bond acceptors (Lipinski definition) is 4. The second kappa shape index (κ2) is 9.88. The number of anilines is 1. The monoisotopic (exact) mass is 438 g/mol. The fourth-order valence-electron chi connectivity index (χ4n) is 3.79. The molecule has 3 aromatic rings. The molecule has 31 heavy (non-hydrogen) atoms. The molecule has 2 aromatic carbocycles. The molecule has 1 aromatic heterocycles. The summed E-state index contributed by atoms with van der Waals surface area (Å²) in [7, 11) is 0. The van der Waals surface area contributed by atoms with Crippen LogP contribution in [-0.4, -0.2) is 35.5 Å². The minimum absolute atomic E-state index is 0.0138. The predicted octanol–water partition coefficient (Wildman–Crippen LogP) is 4.51. The molecule has 2 heterocycles. The third-order valence-electron chi connectivity index (χ3n) is 5.61. The fraction of sp³-hybridized carbons (Fsp3) is 0.292. The van der Waals surface area contributed by atoms with E-state index < -0.39 is 0 Å². The average molecular weight is 439 g/mol. The summed E-state index contributed by atoms with van der Waals surface area (Å²) in [6.45, 7) is 2.14. The van der Waals surface area contributed by atoms with Crippen LogP contribution in [0.2, 0.25) is 5.02 Å². The number of benzene rings is 2. The number of nitrogens with zero attached hydrogens (tertiary/aromatic N) is 3. The summed E-state index contributed by atoms with van der Waals surface area (Å²) in [5, 5.41) is 3.77. The number of carbonyl (C=O) groups excluding carboxylic acids is 1. The summed E-state index contributed by atoms with van der Waals surface area (Å²) in [6.07, 6.45) is 3.88. The van der Waals surface area contributed by atoms with Gasteiger partial charge in [0.2, 0.25) is 5.91 Å². The lowest BCUT2D eigenvalue weighted by molar-refractivity contribution is -0.125. The maximum atomic E-state index is 13.2. The minimum Gasteiger partial charge on any atom is -0.356 e. The highest BCUT2D eigenvalue weighted by Crippen LogP contribution is 2.25. The summed E-state index contributed by atoms with van der Waals surface area (Å²) in [6, 6.07) is 15.9. The van der Waals surface area contributed by atoms with Gasteiger partial charge in [0, 0.05) is 42.2 Å². The Morgan fingerprint density at radius 3 is 2.48 bits per heavy atom. The van der Waals surface area contributed by atoms with Gasteiger partial charge in [-0.05, 0) is 61.2 Å². The topological polar surface area (TPSA) is 58.1 Å². The van der Waals surface area contributed by atoms with E-state index in [1.54, 1.807) is 12.1 Å². The number of carbonyl (C=O) groups is 1. The maximum Gasteiger partial charge on any atom is 0.223 e. The first-order valence-corrected chi connectivity index (χ1v) is 10.8. The quantitative estimate of drug-likeness (QED) is 0.615. The minimum atomic E-state index is -0.272. The van der Waals surface area contributed by atoms with Crippen molar-refractivity contribution in [3.05, 3.63) is 77.3 Å². The highest BCUT2D eigenvalue weighted by molar-refractivity contribution is 6.30. The normalized spacial score (nSPS) is 14.5. The van der Waals surface area contributed by atoms with Gasteiger partial charge in [0.25, 0.3) is 0 Å². The number of piperidine rings is 1. The summed E-state index contributed by atoms with van der Waals surface area (Å²) in [4.78, 5) is 23.4. The third kappa shape index (κ3) is 5.58. The Morgan fingerprint density at radius 1 is 1.06 bits per heavy atom. The molecule has 1 N–H and O–H groups in total. The standard InChI is InChI=1S/C24H24ClFN4O/c25-20-5-1-17(2-6-20)9-12-27-24(31)19-10-13-30(14-11-19)23-15-22(28-16-29-23)18-3-7-21(26)8-4-18/h1-8,15-16,19H,9-14H2,(H,27,31). The van der Waals surface area contributed by atoms with Crippen LogP contribution in [0.15, 0.2) is 60.9 Å². The van der Waals surface area contributed by atoms with E-state index in [0.29, 0.717) is 11.6 Å². The zero-order valence-corrected chi connectivity index (χ0v) is 17.9. The third-order valence-corrected chi connectivity index (χ3v) is 5.86. The van der Waals surface area contributed by atoms with Crippen LogP contribution in [0, 0.1) is 11.7 Å². The van der Waals surface area contributed by atoms with Crippen molar-refractivity contribution in [2.45, 2.75) is 19.3 Å². The van der Waals surface area contributed by atoms with Crippen molar-refractivity contribution in [1.29, 1.82) is 0 Å². The van der Waals surface area contributed by atoms with Crippen LogP contribution in [0.25, 0.3) is 11.3 Å². The van der Waals surface area contributed by atoms with Gasteiger partial charge in [-0.15, -0.1) is 0 Å². The van der Waals surface area contributed by atoms with Crippen molar-refractivity contribution in [2.24, 2.45) is 5.92 Å². The Kier molecular flexibility index (Phi) is 6.77. The van der Waals surface area contributed by atoms with Crippen LogP contribution >= 0.6 is 11.6 Å². The largest absolute Gasteiger partial charge is 0.356 e. The predicted molar refractivity (Wildman–Crippen MR) is 121 cm³/mol. The molecule has 0 unspecified atom stereocenters. The molecule has 1 fully saturated rings. The SMILES string of the molecule is O=C(NCCc1ccc(Cl)cc1)C1CCN(c2cc(-c3ccc(F)cc3)ncn2)CC1. The Balaban J connectivity index is 1.28. The van der Waals surface area contributed by atoms with E-state index in [4.69, 9.17) is 11.6 Å². The molecule has 4 rings (SSSR count). The highest BCUT2D eigenvalue weighted by Gasteiger charge is 2.25. The fourth-order valence-corrected chi connectivity index (χ4v) is 3.92. The Morgan fingerprint density at radius 2 is 1.77 bits per heavy atom. The summed E-state index contributed by atoms with van der Waals surface area (Å²) in [5.41, 5.74) is 2.76. The van der Waals surface area contributed by atoms with Crippen molar-refractivity contribution >= 4 is 23.3 Å². The molecule has 7 heteroatoms. The molecular weight excluding hydrogens is 415 g/mol. The molecule has 1 amide bonds. The summed E-state index contributed by atoms with van der Waals surface area (Å²) in [5.74, 6) is 0.686. The van der Waals surface area contributed by atoms with Crippen LogP contribution in [-0.2, 0) is 11.2 Å². The van der Waals surface area contributed by atoms with Gasteiger partial charge in [0.15, 0.2) is 0 Å². The second-order valence-electron chi connectivity index (χ2n) is 7.70. The lowest BCUT2D eigenvalue weighted by Gasteiger charge is -2.32. The van der Waals surface area contributed by atoms with E-state index >= 15 is 0 Å². The Hall–Kier alpha value is -2.99. The molecule has 0 bridgehead atoms. The number of hydrogen-bond donors (Lipinski definition) is 1. The van der Waals surface area contributed by atoms with Crippen molar-refractivity contribution < 1.29 is 9.18 Å². The van der Waals surface area contributed by atoms with E-state index in [1.807, 2.05) is 30.3 Å². The van der Waals surface area contributed by atoms with Crippen LogP contribution < -0.4 is 10.2 Å². The van der Waals surface area contributed by atoms with Gasteiger partial charge >= 0.3 is 0 Å². The summed E-state index contributed by atoms with van der Waals surface area (Å²) < 4.78 is 13.2. The molecule has 1 aliphatic heterocycles. The molecule has 1 aliphatic rings. The van der Waals surface area contributed by atoms with Crippen molar-refractivity contribution in [3.8, 4) is 11.3 Å². The number of rotatable bonds is 6. The lowest BCUT2D eigenvalue weighted by atomic mass is 9.95. The number of amides is 1. The molecule has 0 spiro atoms. The van der Waals surface area contributed by atoms with Crippen LogP contribution in [0.5, 0.6) is 0 Å². The number of halogens is 2. The zero-order chi connectivity index (χ0) is 21.6. The number of aromatic nitrogens is 2. The second-order valence-corrected chi connectivity index (χ2v) is 8.13. The highest BCUT2D eigenvalue weighted by atomic mass is 35.5. The van der Waals surface area contributed by atoms with E-state index in [0.717, 1.165) is 55.0 Å². The Labute approximate surface area is 186 Å².